The maximum absolute atomic E-state index is 12.0. The van der Waals surface area contributed by atoms with Gasteiger partial charge in [0.25, 0.3) is 20.2 Å². The summed E-state index contributed by atoms with van der Waals surface area (Å²) in [5.41, 5.74) is -2.88. The van der Waals surface area contributed by atoms with Gasteiger partial charge in [0.05, 0.1) is 27.6 Å². The molecule has 7 unspecified atom stereocenters. The Morgan fingerprint density at radius 2 is 1.16 bits per heavy atom. The fourth-order valence-corrected chi connectivity index (χ4v) is 9.93. The molecule has 7 atom stereocenters. The van der Waals surface area contributed by atoms with Crippen molar-refractivity contribution in [1.29, 1.82) is 0 Å². The highest BCUT2D eigenvalue weighted by Gasteiger charge is 2.54. The van der Waals surface area contributed by atoms with Gasteiger partial charge in [0.2, 0.25) is 5.44 Å². The topological polar surface area (TPSA) is 209 Å². The highest BCUT2D eigenvalue weighted by Crippen LogP contribution is 2.43. The molecular formula is C33H56O15S3. The minimum absolute atomic E-state index is 0.0616. The normalized spacial score (nSPS) is 31.6. The Bertz CT molecular complexity index is 1600. The molecule has 3 saturated heterocycles. The molecule has 0 aromatic heterocycles. The van der Waals surface area contributed by atoms with Gasteiger partial charge in [0.1, 0.15) is 30.7 Å². The standard InChI is InChI=1S/2C12H20O5S.C9H16O5S/c1-4-12(2,3)11(13)16-9-6-5-8-7-10(9)17-18(8,14)15;1-4-12(2,3)11(13)16-10-8-6-5-7-9(8)17-18(10,14)15;1-4-9(2,3)8(10)14-7-5-13-15(11,12)6-7/h2*8-10H,4-7H2,1-3H3;7H,4-6H2,1-3H3. The zero-order valence-electron chi connectivity index (χ0n) is 31.2. The van der Waals surface area contributed by atoms with E-state index in [1.54, 1.807) is 27.7 Å². The van der Waals surface area contributed by atoms with Crippen molar-refractivity contribution < 1.29 is 66.4 Å². The van der Waals surface area contributed by atoms with E-state index in [0.717, 1.165) is 19.3 Å². The van der Waals surface area contributed by atoms with E-state index in [9.17, 15) is 39.6 Å². The van der Waals surface area contributed by atoms with Gasteiger partial charge in [-0.3, -0.25) is 26.9 Å². The first-order valence-electron chi connectivity index (χ1n) is 17.6. The summed E-state index contributed by atoms with van der Waals surface area (Å²) in [6.07, 6.45) is 4.02. The van der Waals surface area contributed by atoms with Crippen LogP contribution in [0.2, 0.25) is 0 Å². The number of hydrogen-bond acceptors (Lipinski definition) is 15. The van der Waals surface area contributed by atoms with Crippen LogP contribution in [-0.4, -0.2) is 90.6 Å². The highest BCUT2D eigenvalue weighted by molar-refractivity contribution is 7.88. The fraction of sp³-hybridized carbons (Fsp3) is 0.909. The molecule has 0 aromatic carbocycles. The van der Waals surface area contributed by atoms with Crippen molar-refractivity contribution in [2.45, 2.75) is 155 Å². The molecule has 5 fully saturated rings. The Morgan fingerprint density at radius 3 is 1.67 bits per heavy atom. The van der Waals surface area contributed by atoms with Gasteiger partial charge < -0.3 is 14.2 Å². The molecule has 0 N–H and O–H groups in total. The van der Waals surface area contributed by atoms with Crippen LogP contribution in [0.1, 0.15) is 120 Å². The summed E-state index contributed by atoms with van der Waals surface area (Å²) in [7, 11) is -10.6. The van der Waals surface area contributed by atoms with E-state index in [0.29, 0.717) is 38.5 Å². The van der Waals surface area contributed by atoms with E-state index in [1.807, 2.05) is 34.6 Å². The fourth-order valence-electron chi connectivity index (χ4n) is 5.66. The molecule has 18 heteroatoms. The van der Waals surface area contributed by atoms with Crippen LogP contribution in [0.5, 0.6) is 0 Å². The third-order valence-corrected chi connectivity index (χ3v) is 15.2. The Balaban J connectivity index is 0.000000208. The summed E-state index contributed by atoms with van der Waals surface area (Å²) >= 11 is 0. The van der Waals surface area contributed by atoms with Crippen LogP contribution in [-0.2, 0) is 71.5 Å². The lowest BCUT2D eigenvalue weighted by molar-refractivity contribution is -0.165. The number of hydrogen-bond donors (Lipinski definition) is 0. The van der Waals surface area contributed by atoms with E-state index in [1.165, 1.54) is 0 Å². The van der Waals surface area contributed by atoms with E-state index in [2.05, 4.69) is 4.18 Å². The first-order chi connectivity index (χ1) is 23.3. The predicted octanol–water partition coefficient (Wildman–Crippen LogP) is 4.13. The molecule has 5 aliphatic rings. The molecular weight excluding hydrogens is 733 g/mol. The maximum atomic E-state index is 12.0. The van der Waals surface area contributed by atoms with Crippen molar-refractivity contribution in [1.82, 2.24) is 0 Å². The molecule has 15 nitrogen and oxygen atoms in total. The third kappa shape index (κ3) is 10.9. The van der Waals surface area contributed by atoms with Crippen molar-refractivity contribution >= 4 is 48.3 Å². The van der Waals surface area contributed by atoms with Crippen LogP contribution in [0, 0.1) is 22.2 Å². The van der Waals surface area contributed by atoms with E-state index in [4.69, 9.17) is 22.6 Å². The molecule has 51 heavy (non-hydrogen) atoms. The molecule has 0 radical (unpaired) electrons. The predicted molar refractivity (Wildman–Crippen MR) is 184 cm³/mol. The molecule has 0 aromatic rings. The lowest BCUT2D eigenvalue weighted by atomic mass is 9.89. The zero-order chi connectivity index (χ0) is 38.8. The van der Waals surface area contributed by atoms with Gasteiger partial charge >= 0.3 is 28.0 Å². The summed E-state index contributed by atoms with van der Waals surface area (Å²) in [4.78, 5) is 35.5. The van der Waals surface area contributed by atoms with Gasteiger partial charge in [-0.25, -0.2) is 0 Å². The van der Waals surface area contributed by atoms with Gasteiger partial charge in [-0.2, -0.15) is 25.3 Å². The van der Waals surface area contributed by atoms with E-state index >= 15 is 0 Å². The first-order valence-corrected chi connectivity index (χ1v) is 22.2. The van der Waals surface area contributed by atoms with Crippen LogP contribution < -0.4 is 0 Å². The van der Waals surface area contributed by atoms with Crippen LogP contribution in [0.3, 0.4) is 0 Å². The summed E-state index contributed by atoms with van der Waals surface area (Å²) in [5, 5.41) is -0.406. The summed E-state index contributed by atoms with van der Waals surface area (Å²) in [6.45, 7) is 16.3. The minimum atomic E-state index is -3.75. The zero-order valence-corrected chi connectivity index (χ0v) is 33.6. The Hall–Kier alpha value is -1.86. The lowest BCUT2D eigenvalue weighted by Crippen LogP contribution is -2.38. The van der Waals surface area contributed by atoms with Crippen molar-refractivity contribution in [3.05, 3.63) is 0 Å². The Labute approximate surface area is 303 Å². The molecule has 2 saturated carbocycles. The number of fused-ring (bicyclic) bond motifs is 3. The van der Waals surface area contributed by atoms with E-state index < -0.39 is 81.6 Å². The Morgan fingerprint density at radius 1 is 0.647 bits per heavy atom. The third-order valence-electron chi connectivity index (χ3n) is 10.6. The van der Waals surface area contributed by atoms with Crippen molar-refractivity contribution in [3.8, 4) is 0 Å². The number of carbonyl (C=O) groups is 3. The van der Waals surface area contributed by atoms with Crippen LogP contribution in [0.15, 0.2) is 0 Å². The number of esters is 3. The minimum Gasteiger partial charge on any atom is -0.459 e. The van der Waals surface area contributed by atoms with E-state index in [-0.39, 0.29) is 36.3 Å². The number of ether oxygens (including phenoxy) is 3. The van der Waals surface area contributed by atoms with Crippen LogP contribution in [0.4, 0.5) is 0 Å². The highest BCUT2D eigenvalue weighted by atomic mass is 32.2. The Kier molecular flexibility index (Phi) is 13.9. The van der Waals surface area contributed by atoms with Gasteiger partial charge in [0.15, 0.2) is 0 Å². The second-order valence-electron chi connectivity index (χ2n) is 15.8. The van der Waals surface area contributed by atoms with Crippen molar-refractivity contribution in [2.24, 2.45) is 22.2 Å². The monoisotopic (exact) mass is 788 g/mol. The molecule has 5 rings (SSSR count). The molecule has 2 aliphatic carbocycles. The summed E-state index contributed by atoms with van der Waals surface area (Å²) in [5.74, 6) is -1.54. The SMILES string of the molecule is CCC(C)(C)C(=O)OC1C2CCCC2OS1(=O)=O.CCC(C)(C)C(=O)OC1CCC2CC1OS2(=O)=O.CCC(C)(C)C(=O)OC1COS(=O)(=O)C1. The second kappa shape index (κ2) is 16.2. The van der Waals surface area contributed by atoms with Gasteiger partial charge in [-0.15, -0.1) is 0 Å². The molecule has 296 valence electrons. The first kappa shape index (κ1) is 43.5. The molecule has 0 amide bonds. The quantitative estimate of drug-likeness (QED) is 0.183. The number of rotatable bonds is 9. The second-order valence-corrected chi connectivity index (χ2v) is 20.9. The largest absolute Gasteiger partial charge is 0.459 e. The molecule has 2 bridgehead atoms. The summed E-state index contributed by atoms with van der Waals surface area (Å²) < 4.78 is 98.9. The summed E-state index contributed by atoms with van der Waals surface area (Å²) in [6, 6.07) is 0. The van der Waals surface area contributed by atoms with Gasteiger partial charge in [-0.1, -0.05) is 27.2 Å². The average molecular weight is 789 g/mol. The smallest absolute Gasteiger partial charge is 0.312 e. The molecule has 0 spiro atoms. The lowest BCUT2D eigenvalue weighted by Gasteiger charge is -2.29. The average Bonchev–Trinajstić information content (AvgIpc) is 3.75. The molecule has 3 heterocycles. The van der Waals surface area contributed by atoms with Crippen LogP contribution >= 0.6 is 0 Å². The van der Waals surface area contributed by atoms with Gasteiger partial charge in [-0.05, 0) is 92.9 Å². The molecule has 3 aliphatic heterocycles. The van der Waals surface area contributed by atoms with Crippen LogP contribution in [0.25, 0.3) is 0 Å². The number of carbonyl (C=O) groups excluding carboxylic acids is 3. The van der Waals surface area contributed by atoms with Crippen molar-refractivity contribution in [2.75, 3.05) is 12.4 Å². The maximum Gasteiger partial charge on any atom is 0.312 e. The van der Waals surface area contributed by atoms with Crippen molar-refractivity contribution in [3.63, 3.8) is 0 Å². The van der Waals surface area contributed by atoms with Gasteiger partial charge in [0, 0.05) is 5.92 Å².